The molecule has 0 saturated heterocycles. The Bertz CT molecular complexity index is 1270. The summed E-state index contributed by atoms with van der Waals surface area (Å²) >= 11 is 0. The summed E-state index contributed by atoms with van der Waals surface area (Å²) in [6.07, 6.45) is -0.206. The number of nitrogens with zero attached hydrogens (tertiary/aromatic N) is 1. The maximum atomic E-state index is 13.3. The number of ether oxygens (including phenoxy) is 2. The van der Waals surface area contributed by atoms with Crippen LogP contribution in [0.2, 0.25) is 0 Å². The molecule has 0 saturated carbocycles. The Kier molecular flexibility index (Phi) is 8.21. The molecule has 1 heterocycles. The minimum Gasteiger partial charge on any atom is -0.493 e. The molecule has 0 aliphatic carbocycles. The fourth-order valence-electron chi connectivity index (χ4n) is 3.31. The molecule has 0 aliphatic heterocycles. The van der Waals surface area contributed by atoms with Crippen LogP contribution in [-0.2, 0) is 32.2 Å². The van der Waals surface area contributed by atoms with Crippen LogP contribution in [0.3, 0.4) is 0 Å². The Morgan fingerprint density at radius 3 is 2.46 bits per heavy atom. The second-order valence-corrected chi connectivity index (χ2v) is 9.42. The summed E-state index contributed by atoms with van der Waals surface area (Å²) in [6.45, 7) is 3.46. The fraction of sp³-hybridized carbons (Fsp3) is 0.333. The highest BCUT2D eigenvalue weighted by Crippen LogP contribution is 2.35. The Morgan fingerprint density at radius 2 is 1.80 bits per heavy atom. The second-order valence-electron chi connectivity index (χ2n) is 7.51. The van der Waals surface area contributed by atoms with Crippen molar-refractivity contribution < 1.29 is 40.3 Å². The minimum atomic E-state index is -5.66. The number of hydrogen-bond acceptors (Lipinski definition) is 7. The van der Waals surface area contributed by atoms with Gasteiger partial charge in [0.05, 0.1) is 23.8 Å². The van der Waals surface area contributed by atoms with E-state index in [0.717, 1.165) is 11.6 Å². The summed E-state index contributed by atoms with van der Waals surface area (Å²) in [5.41, 5.74) is -4.25. The summed E-state index contributed by atoms with van der Waals surface area (Å²) < 4.78 is 80.1. The van der Waals surface area contributed by atoms with E-state index in [1.807, 2.05) is 30.3 Å². The SMILES string of the molecule is CCOC(=O)CCc1ccc(OCCc2nc(-c3ccccc3)oc2C)cc1S(=O)(=O)C(F)(F)F. The number of esters is 1. The van der Waals surface area contributed by atoms with Crippen LogP contribution in [0.25, 0.3) is 11.5 Å². The highest BCUT2D eigenvalue weighted by atomic mass is 32.2. The topological polar surface area (TPSA) is 95.7 Å². The van der Waals surface area contributed by atoms with Crippen LogP contribution in [0.5, 0.6) is 5.75 Å². The fourth-order valence-corrected chi connectivity index (χ4v) is 4.34. The molecule has 0 bridgehead atoms. The van der Waals surface area contributed by atoms with Crippen molar-refractivity contribution in [1.82, 2.24) is 4.98 Å². The molecule has 0 radical (unpaired) electrons. The lowest BCUT2D eigenvalue weighted by molar-refractivity contribution is -0.143. The maximum Gasteiger partial charge on any atom is 0.501 e. The number of carbonyl (C=O) groups is 1. The van der Waals surface area contributed by atoms with Crippen molar-refractivity contribution in [3.8, 4) is 17.2 Å². The summed E-state index contributed by atoms with van der Waals surface area (Å²) in [4.78, 5) is 15.1. The van der Waals surface area contributed by atoms with Gasteiger partial charge in [0.2, 0.25) is 5.89 Å². The van der Waals surface area contributed by atoms with Crippen LogP contribution in [0.15, 0.2) is 57.8 Å². The smallest absolute Gasteiger partial charge is 0.493 e. The number of aromatic nitrogens is 1. The standard InChI is InChI=1S/C24H24F3NO6S/c1-3-32-22(29)12-10-17-9-11-19(15-21(17)35(30,31)24(25,26)27)33-14-13-20-16(2)34-23(28-20)18-7-5-4-6-8-18/h4-9,11,15H,3,10,12-14H2,1-2H3. The molecule has 3 aromatic rings. The van der Waals surface area contributed by atoms with Gasteiger partial charge in [0.15, 0.2) is 0 Å². The lowest BCUT2D eigenvalue weighted by Crippen LogP contribution is -2.24. The number of carbonyl (C=O) groups excluding carboxylic acids is 1. The van der Waals surface area contributed by atoms with E-state index in [9.17, 15) is 26.4 Å². The van der Waals surface area contributed by atoms with Crippen molar-refractivity contribution in [2.45, 2.75) is 43.5 Å². The Hall–Kier alpha value is -3.34. The van der Waals surface area contributed by atoms with Gasteiger partial charge in [-0.3, -0.25) is 4.79 Å². The summed E-state index contributed by atoms with van der Waals surface area (Å²) in [6, 6.07) is 12.7. The van der Waals surface area contributed by atoms with Crippen molar-refractivity contribution in [3.63, 3.8) is 0 Å². The first-order valence-corrected chi connectivity index (χ1v) is 12.3. The summed E-state index contributed by atoms with van der Waals surface area (Å²) in [5, 5.41) is 0. The lowest BCUT2D eigenvalue weighted by Gasteiger charge is -2.15. The zero-order valence-electron chi connectivity index (χ0n) is 19.1. The number of aryl methyl sites for hydroxylation is 2. The molecule has 0 aliphatic rings. The molecule has 0 amide bonds. The van der Waals surface area contributed by atoms with Crippen molar-refractivity contribution in [2.75, 3.05) is 13.2 Å². The molecule has 0 N–H and O–H groups in total. The first-order valence-electron chi connectivity index (χ1n) is 10.8. The van der Waals surface area contributed by atoms with Crippen LogP contribution in [-0.4, -0.2) is 38.1 Å². The number of rotatable bonds is 10. The molecule has 0 fully saturated rings. The number of hydrogen-bond donors (Lipinski definition) is 0. The Morgan fingerprint density at radius 1 is 1.09 bits per heavy atom. The van der Waals surface area contributed by atoms with Gasteiger partial charge in [-0.25, -0.2) is 13.4 Å². The molecule has 188 valence electrons. The highest BCUT2D eigenvalue weighted by Gasteiger charge is 2.48. The molecule has 35 heavy (non-hydrogen) atoms. The van der Waals surface area contributed by atoms with Crippen molar-refractivity contribution in [2.24, 2.45) is 0 Å². The number of oxazole rings is 1. The zero-order valence-corrected chi connectivity index (χ0v) is 19.9. The molecule has 11 heteroatoms. The van der Waals surface area contributed by atoms with Gasteiger partial charge in [-0.2, -0.15) is 13.2 Å². The van der Waals surface area contributed by atoms with E-state index in [-0.39, 0.29) is 43.8 Å². The third kappa shape index (κ3) is 6.41. The minimum absolute atomic E-state index is 0.0231. The van der Waals surface area contributed by atoms with Gasteiger partial charge in [-0.1, -0.05) is 24.3 Å². The second kappa shape index (κ2) is 10.9. The van der Waals surface area contributed by atoms with Gasteiger partial charge >= 0.3 is 11.5 Å². The van der Waals surface area contributed by atoms with Gasteiger partial charge in [-0.05, 0) is 50.1 Å². The van der Waals surface area contributed by atoms with Gasteiger partial charge in [0, 0.05) is 18.4 Å². The van der Waals surface area contributed by atoms with Crippen molar-refractivity contribution in [3.05, 3.63) is 65.5 Å². The predicted molar refractivity (Wildman–Crippen MR) is 121 cm³/mol. The van der Waals surface area contributed by atoms with Crippen molar-refractivity contribution in [1.29, 1.82) is 0 Å². The van der Waals surface area contributed by atoms with Crippen LogP contribution in [0.4, 0.5) is 13.2 Å². The summed E-state index contributed by atoms with van der Waals surface area (Å²) in [5.74, 6) is 0.308. The van der Waals surface area contributed by atoms with E-state index in [1.54, 1.807) is 13.8 Å². The van der Waals surface area contributed by atoms with Gasteiger partial charge in [-0.15, -0.1) is 0 Å². The molecule has 7 nitrogen and oxygen atoms in total. The van der Waals surface area contributed by atoms with Crippen LogP contribution in [0.1, 0.15) is 30.4 Å². The van der Waals surface area contributed by atoms with Crippen molar-refractivity contribution >= 4 is 15.8 Å². The first-order chi connectivity index (χ1) is 16.5. The largest absolute Gasteiger partial charge is 0.501 e. The monoisotopic (exact) mass is 511 g/mol. The quantitative estimate of drug-likeness (QED) is 0.351. The van der Waals surface area contributed by atoms with Gasteiger partial charge < -0.3 is 13.9 Å². The lowest BCUT2D eigenvalue weighted by atomic mass is 10.1. The first kappa shape index (κ1) is 26.3. The van der Waals surface area contributed by atoms with Gasteiger partial charge in [0.1, 0.15) is 11.5 Å². The van der Waals surface area contributed by atoms with E-state index in [0.29, 0.717) is 17.3 Å². The summed E-state index contributed by atoms with van der Waals surface area (Å²) in [7, 11) is -5.66. The van der Waals surface area contributed by atoms with E-state index in [2.05, 4.69) is 4.98 Å². The zero-order chi connectivity index (χ0) is 25.6. The molecular formula is C24H24F3NO6S. The molecule has 1 aromatic heterocycles. The maximum absolute atomic E-state index is 13.3. The average molecular weight is 512 g/mol. The third-order valence-corrected chi connectivity index (χ3v) is 6.63. The van der Waals surface area contributed by atoms with E-state index < -0.39 is 26.2 Å². The molecule has 0 spiro atoms. The average Bonchev–Trinajstić information content (AvgIpc) is 3.18. The normalized spacial score (nSPS) is 11.9. The van der Waals surface area contributed by atoms with Gasteiger partial charge in [0.25, 0.3) is 9.84 Å². The van der Waals surface area contributed by atoms with Crippen LogP contribution >= 0.6 is 0 Å². The van der Waals surface area contributed by atoms with E-state index >= 15 is 0 Å². The van der Waals surface area contributed by atoms with E-state index in [4.69, 9.17) is 13.9 Å². The molecule has 0 atom stereocenters. The van der Waals surface area contributed by atoms with Crippen LogP contribution < -0.4 is 4.74 Å². The number of alkyl halides is 3. The molecule has 2 aromatic carbocycles. The molecular weight excluding hydrogens is 487 g/mol. The third-order valence-electron chi connectivity index (χ3n) is 5.06. The Balaban J connectivity index is 1.76. The Labute approximate surface area is 200 Å². The molecule has 3 rings (SSSR count). The number of halogens is 3. The molecule has 0 unspecified atom stereocenters. The van der Waals surface area contributed by atoms with E-state index in [1.165, 1.54) is 12.1 Å². The number of benzene rings is 2. The number of sulfone groups is 1. The van der Waals surface area contributed by atoms with Crippen LogP contribution in [0, 0.1) is 6.92 Å². The predicted octanol–water partition coefficient (Wildman–Crippen LogP) is 5.06. The highest BCUT2D eigenvalue weighted by molar-refractivity contribution is 7.92.